The Morgan fingerprint density at radius 1 is 1.06 bits per heavy atom. The number of nitrogens with one attached hydrogen (secondary N) is 1. The fraction of sp³-hybridized carbons (Fsp3) is 0.741. The van der Waals surface area contributed by atoms with Gasteiger partial charge in [0.1, 0.15) is 10.8 Å². The van der Waals surface area contributed by atoms with Crippen molar-refractivity contribution in [2.75, 3.05) is 18.0 Å². The molecule has 188 valence electrons. The van der Waals surface area contributed by atoms with Crippen molar-refractivity contribution in [3.63, 3.8) is 0 Å². The minimum Gasteiger partial charge on any atom is -0.481 e. The third-order valence-corrected chi connectivity index (χ3v) is 11.4. The van der Waals surface area contributed by atoms with Gasteiger partial charge in [-0.3, -0.25) is 9.59 Å². The van der Waals surface area contributed by atoms with E-state index >= 15 is 0 Å². The number of hydrogen-bond donors (Lipinski definition) is 3. The number of rotatable bonds is 6. The second kappa shape index (κ2) is 8.10. The highest BCUT2D eigenvalue weighted by Gasteiger charge is 2.60. The summed E-state index contributed by atoms with van der Waals surface area (Å²) >= 11 is 1.75. The maximum atomic E-state index is 13.6. The zero-order valence-corrected chi connectivity index (χ0v) is 20.9. The third kappa shape index (κ3) is 3.86. The maximum Gasteiger partial charge on any atom is 0.307 e. The van der Waals surface area contributed by atoms with Crippen LogP contribution in [-0.4, -0.2) is 57.1 Å². The van der Waals surface area contributed by atoms with Crippen LogP contribution in [-0.2, 0) is 4.79 Å². The number of pyridine rings is 1. The lowest BCUT2D eigenvalue weighted by atomic mass is 9.52. The summed E-state index contributed by atoms with van der Waals surface area (Å²) in [5.74, 6) is 1.83. The molecule has 3 N–H and O–H groups in total. The molecule has 5 atom stereocenters. The summed E-state index contributed by atoms with van der Waals surface area (Å²) in [6, 6.07) is 4.05. The summed E-state index contributed by atoms with van der Waals surface area (Å²) in [4.78, 5) is 32.2. The molecule has 0 spiro atoms. The number of aliphatic hydroxyl groups is 1. The molecule has 1 aliphatic heterocycles. The van der Waals surface area contributed by atoms with E-state index in [9.17, 15) is 19.8 Å². The van der Waals surface area contributed by atoms with Gasteiger partial charge in [-0.2, -0.15) is 0 Å². The van der Waals surface area contributed by atoms with Gasteiger partial charge in [0.15, 0.2) is 0 Å². The van der Waals surface area contributed by atoms with Crippen LogP contribution in [0.2, 0.25) is 0 Å². The van der Waals surface area contributed by atoms with Crippen LogP contribution in [0.4, 0.5) is 5.82 Å². The van der Waals surface area contributed by atoms with Crippen LogP contribution >= 0.6 is 11.8 Å². The highest BCUT2D eigenvalue weighted by molar-refractivity contribution is 7.99. The smallest absolute Gasteiger partial charge is 0.307 e. The number of carbonyl (C=O) groups is 2. The molecule has 35 heavy (non-hydrogen) atoms. The Kier molecular flexibility index (Phi) is 5.19. The zero-order valence-electron chi connectivity index (χ0n) is 20.1. The molecule has 0 aromatic carbocycles. The SMILES string of the molecule is O=C(NC1C2CC3CC1CC(O)(C3)C2)c1ccc(N2C[C@@H]3C(C(=O)O)[C@@H]3C2)nc1SC1CCCC1. The number of carboxylic acids is 1. The van der Waals surface area contributed by atoms with Crippen LogP contribution in [0.25, 0.3) is 0 Å². The van der Waals surface area contributed by atoms with E-state index in [2.05, 4.69) is 10.2 Å². The molecule has 0 radical (unpaired) electrons. The first-order valence-electron chi connectivity index (χ1n) is 13.6. The van der Waals surface area contributed by atoms with Gasteiger partial charge in [0.2, 0.25) is 0 Å². The standard InChI is InChI=1S/C27H35N3O4S/c31-24(29-23-15-7-14-8-16(23)11-27(34,9-14)10-15)18-5-6-21(28-25(18)35-17-3-1-2-4-17)30-12-19-20(13-30)22(19)26(32)33/h5-6,14-17,19-20,22-23,34H,1-4,7-13H2,(H,29,31)(H,32,33)/t14?,15?,16?,19-,20+,22?,23?,27?. The van der Waals surface area contributed by atoms with Gasteiger partial charge in [-0.05, 0) is 86.7 Å². The normalized spacial score (nSPS) is 41.3. The molecule has 2 heterocycles. The van der Waals surface area contributed by atoms with Gasteiger partial charge in [0.05, 0.1) is 17.1 Å². The molecule has 8 heteroatoms. The molecule has 4 bridgehead atoms. The number of carbonyl (C=O) groups excluding carboxylic acids is 1. The molecule has 7 aliphatic rings. The maximum absolute atomic E-state index is 13.6. The van der Waals surface area contributed by atoms with Crippen LogP contribution in [0.1, 0.15) is 68.1 Å². The summed E-state index contributed by atoms with van der Waals surface area (Å²) < 4.78 is 0. The number of nitrogens with zero attached hydrogens (tertiary/aromatic N) is 2. The lowest BCUT2D eigenvalue weighted by Gasteiger charge is -2.58. The highest BCUT2D eigenvalue weighted by Crippen LogP contribution is 2.56. The lowest BCUT2D eigenvalue weighted by Crippen LogP contribution is -2.61. The van der Waals surface area contributed by atoms with Crippen molar-refractivity contribution in [1.29, 1.82) is 0 Å². The lowest BCUT2D eigenvalue weighted by molar-refractivity contribution is -0.139. The van der Waals surface area contributed by atoms with Gasteiger partial charge in [-0.1, -0.05) is 12.8 Å². The predicted octanol–water partition coefficient (Wildman–Crippen LogP) is 3.55. The molecule has 6 saturated carbocycles. The highest BCUT2D eigenvalue weighted by atomic mass is 32.2. The molecular weight excluding hydrogens is 462 g/mol. The number of amides is 1. The monoisotopic (exact) mass is 497 g/mol. The first kappa shape index (κ1) is 22.4. The average molecular weight is 498 g/mol. The van der Waals surface area contributed by atoms with Gasteiger partial charge in [-0.25, -0.2) is 4.98 Å². The van der Waals surface area contributed by atoms with E-state index in [-0.39, 0.29) is 29.7 Å². The molecule has 1 aromatic heterocycles. The Bertz CT molecular complexity index is 1030. The van der Waals surface area contributed by atoms with Crippen LogP contribution in [0.3, 0.4) is 0 Å². The van der Waals surface area contributed by atoms with Crippen molar-refractivity contribution in [2.24, 2.45) is 35.5 Å². The van der Waals surface area contributed by atoms with E-state index in [0.29, 0.717) is 28.6 Å². The molecule has 8 rings (SSSR count). The van der Waals surface area contributed by atoms with Gasteiger partial charge >= 0.3 is 5.97 Å². The van der Waals surface area contributed by atoms with E-state index in [1.54, 1.807) is 11.8 Å². The molecule has 1 aromatic rings. The summed E-state index contributed by atoms with van der Waals surface area (Å²) in [5.41, 5.74) is 0.173. The number of thioether (sulfide) groups is 1. The molecule has 1 saturated heterocycles. The first-order valence-corrected chi connectivity index (χ1v) is 14.4. The Morgan fingerprint density at radius 3 is 2.37 bits per heavy atom. The van der Waals surface area contributed by atoms with Crippen molar-refractivity contribution < 1.29 is 19.8 Å². The Hall–Kier alpha value is -1.80. The number of anilines is 1. The molecule has 6 aliphatic carbocycles. The Morgan fingerprint density at radius 2 is 1.74 bits per heavy atom. The second-order valence-electron chi connectivity index (χ2n) is 12.3. The van der Waals surface area contributed by atoms with Crippen molar-refractivity contribution in [3.05, 3.63) is 17.7 Å². The Labute approximate surface area is 210 Å². The third-order valence-electron chi connectivity index (χ3n) is 10.0. The number of piperidine rings is 1. The van der Waals surface area contributed by atoms with E-state index < -0.39 is 11.6 Å². The summed E-state index contributed by atoms with van der Waals surface area (Å²) in [6.45, 7) is 1.48. The van der Waals surface area contributed by atoms with Gasteiger partial charge in [-0.15, -0.1) is 11.8 Å². The summed E-state index contributed by atoms with van der Waals surface area (Å²) in [6.07, 6.45) is 9.64. The molecular formula is C27H35N3O4S. The predicted molar refractivity (Wildman–Crippen MR) is 132 cm³/mol. The van der Waals surface area contributed by atoms with Gasteiger partial charge in [0.25, 0.3) is 5.91 Å². The van der Waals surface area contributed by atoms with E-state index in [1.807, 2.05) is 12.1 Å². The topological polar surface area (TPSA) is 103 Å². The number of aromatic nitrogens is 1. The molecule has 7 nitrogen and oxygen atoms in total. The number of aliphatic carboxylic acids is 1. The molecule has 1 amide bonds. The first-order chi connectivity index (χ1) is 16.9. The summed E-state index contributed by atoms with van der Waals surface area (Å²) in [5, 5.41) is 25.0. The summed E-state index contributed by atoms with van der Waals surface area (Å²) in [7, 11) is 0. The van der Waals surface area contributed by atoms with Gasteiger partial charge in [0, 0.05) is 24.4 Å². The van der Waals surface area contributed by atoms with E-state index in [4.69, 9.17) is 4.98 Å². The van der Waals surface area contributed by atoms with E-state index in [1.165, 1.54) is 25.7 Å². The number of carboxylic acid groups (broad SMARTS) is 1. The van der Waals surface area contributed by atoms with Crippen LogP contribution in [0, 0.1) is 35.5 Å². The number of fused-ring (bicyclic) bond motifs is 1. The molecule has 3 unspecified atom stereocenters. The fourth-order valence-corrected chi connectivity index (χ4v) is 9.88. The zero-order chi connectivity index (χ0) is 23.9. The van der Waals surface area contributed by atoms with Crippen molar-refractivity contribution in [1.82, 2.24) is 10.3 Å². The quantitative estimate of drug-likeness (QED) is 0.552. The van der Waals surface area contributed by atoms with Crippen LogP contribution < -0.4 is 10.2 Å². The van der Waals surface area contributed by atoms with Crippen LogP contribution in [0.5, 0.6) is 0 Å². The van der Waals surface area contributed by atoms with Crippen molar-refractivity contribution in [3.8, 4) is 0 Å². The van der Waals surface area contributed by atoms with Crippen molar-refractivity contribution >= 4 is 29.5 Å². The minimum absolute atomic E-state index is 0.0239. The van der Waals surface area contributed by atoms with E-state index in [0.717, 1.165) is 56.0 Å². The number of hydrogen-bond acceptors (Lipinski definition) is 6. The van der Waals surface area contributed by atoms with Crippen molar-refractivity contribution in [2.45, 2.75) is 79.7 Å². The average Bonchev–Trinajstić information content (AvgIpc) is 3.14. The fourth-order valence-electron chi connectivity index (χ4n) is 8.56. The van der Waals surface area contributed by atoms with Gasteiger partial charge < -0.3 is 20.4 Å². The Balaban J connectivity index is 1.11. The van der Waals surface area contributed by atoms with Crippen LogP contribution in [0.15, 0.2) is 17.2 Å². The minimum atomic E-state index is -0.672. The second-order valence-corrected chi connectivity index (χ2v) is 13.6. The largest absolute Gasteiger partial charge is 0.481 e. The molecule has 7 fully saturated rings.